The van der Waals surface area contributed by atoms with Gasteiger partial charge in [0.25, 0.3) is 0 Å². The van der Waals surface area contributed by atoms with E-state index in [9.17, 15) is 4.79 Å². The highest BCUT2D eigenvalue weighted by molar-refractivity contribution is 5.76. The molecule has 0 fully saturated rings. The molecule has 0 aliphatic carbocycles. The first-order valence-electron chi connectivity index (χ1n) is 6.70. The number of amides is 1. The van der Waals surface area contributed by atoms with Crippen molar-refractivity contribution in [1.82, 2.24) is 4.90 Å². The Balaban J connectivity index is 2.96. The Hall–Kier alpha value is -1.57. The van der Waals surface area contributed by atoms with E-state index in [0.717, 1.165) is 6.42 Å². The summed E-state index contributed by atoms with van der Waals surface area (Å²) in [7, 11) is 0. The molecule has 0 saturated carbocycles. The second kappa shape index (κ2) is 7.70. The SMILES string of the molecule is CC=CCN(C(=O)CC)C(CC)c1ccccc1. The van der Waals surface area contributed by atoms with Crippen molar-refractivity contribution >= 4 is 5.91 Å². The maximum Gasteiger partial charge on any atom is 0.223 e. The highest BCUT2D eigenvalue weighted by Gasteiger charge is 2.21. The van der Waals surface area contributed by atoms with Gasteiger partial charge in [0.2, 0.25) is 5.91 Å². The number of allylic oxidation sites excluding steroid dienone is 1. The van der Waals surface area contributed by atoms with Gasteiger partial charge >= 0.3 is 0 Å². The van der Waals surface area contributed by atoms with E-state index in [2.05, 4.69) is 19.1 Å². The van der Waals surface area contributed by atoms with Crippen molar-refractivity contribution in [2.75, 3.05) is 6.54 Å². The molecule has 0 heterocycles. The summed E-state index contributed by atoms with van der Waals surface area (Å²) in [5.74, 6) is 0.212. The number of rotatable bonds is 6. The lowest BCUT2D eigenvalue weighted by Gasteiger charge is -2.30. The number of hydrogen-bond donors (Lipinski definition) is 0. The molecule has 0 aliphatic heterocycles. The molecule has 0 aliphatic rings. The predicted octanol–water partition coefficient (Wildman–Crippen LogP) is 3.95. The Labute approximate surface area is 110 Å². The smallest absolute Gasteiger partial charge is 0.223 e. The number of carbonyl (C=O) groups is 1. The van der Waals surface area contributed by atoms with Crippen molar-refractivity contribution in [3.05, 3.63) is 48.0 Å². The summed E-state index contributed by atoms with van der Waals surface area (Å²) in [6.07, 6.45) is 5.53. The summed E-state index contributed by atoms with van der Waals surface area (Å²) in [6, 6.07) is 10.4. The fourth-order valence-electron chi connectivity index (χ4n) is 2.14. The van der Waals surface area contributed by atoms with Gasteiger partial charge in [-0.05, 0) is 18.9 Å². The lowest BCUT2D eigenvalue weighted by atomic mass is 10.0. The summed E-state index contributed by atoms with van der Waals surface area (Å²) in [6.45, 7) is 6.72. The standard InChI is InChI=1S/C16H23NO/c1-4-7-13-17(16(18)6-3)15(5-2)14-11-9-8-10-12-14/h4,7-12,15H,5-6,13H2,1-3H3. The Bertz CT molecular complexity index is 383. The van der Waals surface area contributed by atoms with Crippen molar-refractivity contribution in [3.8, 4) is 0 Å². The van der Waals surface area contributed by atoms with Crippen LogP contribution in [0.1, 0.15) is 45.2 Å². The van der Waals surface area contributed by atoms with Crippen molar-refractivity contribution < 1.29 is 4.79 Å². The Kier molecular flexibility index (Phi) is 6.20. The van der Waals surface area contributed by atoms with Gasteiger partial charge in [-0.3, -0.25) is 4.79 Å². The lowest BCUT2D eigenvalue weighted by Crippen LogP contribution is -2.34. The quantitative estimate of drug-likeness (QED) is 0.695. The van der Waals surface area contributed by atoms with Gasteiger partial charge < -0.3 is 4.90 Å². The Morgan fingerprint density at radius 1 is 1.28 bits per heavy atom. The highest BCUT2D eigenvalue weighted by atomic mass is 16.2. The zero-order valence-electron chi connectivity index (χ0n) is 11.6. The molecule has 0 radical (unpaired) electrons. The summed E-state index contributed by atoms with van der Waals surface area (Å²) in [4.78, 5) is 14.1. The minimum absolute atomic E-state index is 0.176. The van der Waals surface area contributed by atoms with Crippen LogP contribution in [0, 0.1) is 0 Å². The molecule has 1 rings (SSSR count). The minimum atomic E-state index is 0.176. The van der Waals surface area contributed by atoms with Gasteiger partial charge in [-0.2, -0.15) is 0 Å². The Morgan fingerprint density at radius 3 is 2.44 bits per heavy atom. The van der Waals surface area contributed by atoms with Crippen LogP contribution in [0.3, 0.4) is 0 Å². The lowest BCUT2D eigenvalue weighted by molar-refractivity contribution is -0.132. The molecular formula is C16H23NO. The topological polar surface area (TPSA) is 20.3 Å². The third-order valence-corrected chi connectivity index (χ3v) is 3.11. The van der Waals surface area contributed by atoms with E-state index in [1.54, 1.807) is 0 Å². The largest absolute Gasteiger partial charge is 0.332 e. The zero-order chi connectivity index (χ0) is 13.4. The fourth-order valence-corrected chi connectivity index (χ4v) is 2.14. The highest BCUT2D eigenvalue weighted by Crippen LogP contribution is 2.24. The molecule has 0 aromatic heterocycles. The molecular weight excluding hydrogens is 222 g/mol. The van der Waals surface area contributed by atoms with Crippen LogP contribution >= 0.6 is 0 Å². The van der Waals surface area contributed by atoms with E-state index < -0.39 is 0 Å². The molecule has 0 N–H and O–H groups in total. The number of benzene rings is 1. The van der Waals surface area contributed by atoms with Crippen LogP contribution in [-0.4, -0.2) is 17.4 Å². The molecule has 1 unspecified atom stereocenters. The van der Waals surface area contributed by atoms with Gasteiger partial charge in [0.05, 0.1) is 6.04 Å². The summed E-state index contributed by atoms with van der Waals surface area (Å²) in [5, 5.41) is 0. The van der Waals surface area contributed by atoms with E-state index in [0.29, 0.717) is 13.0 Å². The van der Waals surface area contributed by atoms with Gasteiger partial charge in [0.15, 0.2) is 0 Å². The number of hydrogen-bond acceptors (Lipinski definition) is 1. The average molecular weight is 245 g/mol. The van der Waals surface area contributed by atoms with Crippen LogP contribution in [0.5, 0.6) is 0 Å². The summed E-state index contributed by atoms with van der Waals surface area (Å²) in [5.41, 5.74) is 1.21. The molecule has 1 aromatic rings. The van der Waals surface area contributed by atoms with Gasteiger partial charge in [-0.25, -0.2) is 0 Å². The maximum absolute atomic E-state index is 12.1. The second-order valence-corrected chi connectivity index (χ2v) is 4.30. The maximum atomic E-state index is 12.1. The molecule has 0 saturated heterocycles. The van der Waals surface area contributed by atoms with Crippen molar-refractivity contribution in [1.29, 1.82) is 0 Å². The van der Waals surface area contributed by atoms with Crippen LogP contribution < -0.4 is 0 Å². The fraction of sp³-hybridized carbons (Fsp3) is 0.438. The first-order valence-corrected chi connectivity index (χ1v) is 6.70. The average Bonchev–Trinajstić information content (AvgIpc) is 2.43. The molecule has 2 heteroatoms. The molecule has 0 spiro atoms. The van der Waals surface area contributed by atoms with Gasteiger partial charge in [0, 0.05) is 13.0 Å². The predicted molar refractivity (Wildman–Crippen MR) is 76.3 cm³/mol. The van der Waals surface area contributed by atoms with Crippen molar-refractivity contribution in [2.24, 2.45) is 0 Å². The summed E-state index contributed by atoms with van der Waals surface area (Å²) >= 11 is 0. The molecule has 0 bridgehead atoms. The molecule has 1 aromatic carbocycles. The third-order valence-electron chi connectivity index (χ3n) is 3.11. The number of carbonyl (C=O) groups excluding carboxylic acids is 1. The van der Waals surface area contributed by atoms with E-state index >= 15 is 0 Å². The van der Waals surface area contributed by atoms with Crippen LogP contribution in [0.25, 0.3) is 0 Å². The monoisotopic (exact) mass is 245 g/mol. The third kappa shape index (κ3) is 3.73. The van der Waals surface area contributed by atoms with E-state index in [4.69, 9.17) is 0 Å². The minimum Gasteiger partial charge on any atom is -0.332 e. The first kappa shape index (κ1) is 14.5. The molecule has 18 heavy (non-hydrogen) atoms. The van der Waals surface area contributed by atoms with E-state index in [1.807, 2.05) is 49.1 Å². The van der Waals surface area contributed by atoms with Crippen LogP contribution in [0.2, 0.25) is 0 Å². The number of nitrogens with zero attached hydrogens (tertiary/aromatic N) is 1. The second-order valence-electron chi connectivity index (χ2n) is 4.30. The van der Waals surface area contributed by atoms with Crippen LogP contribution in [0.4, 0.5) is 0 Å². The normalized spacial score (nSPS) is 12.6. The van der Waals surface area contributed by atoms with E-state index in [-0.39, 0.29) is 11.9 Å². The van der Waals surface area contributed by atoms with E-state index in [1.165, 1.54) is 5.56 Å². The van der Waals surface area contributed by atoms with Gasteiger partial charge in [-0.15, -0.1) is 0 Å². The zero-order valence-corrected chi connectivity index (χ0v) is 11.6. The summed E-state index contributed by atoms with van der Waals surface area (Å²) < 4.78 is 0. The first-order chi connectivity index (χ1) is 8.74. The van der Waals surface area contributed by atoms with Crippen LogP contribution in [0.15, 0.2) is 42.5 Å². The van der Waals surface area contributed by atoms with Gasteiger partial charge in [0.1, 0.15) is 0 Å². The molecule has 2 nitrogen and oxygen atoms in total. The molecule has 98 valence electrons. The van der Waals surface area contributed by atoms with Crippen molar-refractivity contribution in [2.45, 2.75) is 39.7 Å². The molecule has 1 atom stereocenters. The van der Waals surface area contributed by atoms with Crippen LogP contribution in [-0.2, 0) is 4.79 Å². The van der Waals surface area contributed by atoms with Crippen molar-refractivity contribution in [3.63, 3.8) is 0 Å². The Morgan fingerprint density at radius 2 is 1.94 bits per heavy atom. The molecule has 1 amide bonds. The van der Waals surface area contributed by atoms with Gasteiger partial charge in [-0.1, -0.05) is 56.3 Å².